The van der Waals surface area contributed by atoms with Crippen molar-refractivity contribution in [2.75, 3.05) is 11.5 Å². The van der Waals surface area contributed by atoms with Gasteiger partial charge in [0.15, 0.2) is 11.5 Å². The highest BCUT2D eigenvalue weighted by molar-refractivity contribution is 6.17. The third kappa shape index (κ3) is 4.73. The smallest absolute Gasteiger partial charge is 0.315 e. The zero-order valence-corrected chi connectivity index (χ0v) is 18.8. The Kier molecular flexibility index (Phi) is 6.54. The van der Waals surface area contributed by atoms with E-state index < -0.39 is 5.97 Å². The summed E-state index contributed by atoms with van der Waals surface area (Å²) in [6, 6.07) is 17.1. The van der Waals surface area contributed by atoms with Gasteiger partial charge in [0.1, 0.15) is 17.1 Å². The number of esters is 1. The van der Waals surface area contributed by atoms with Crippen LogP contribution in [0.3, 0.4) is 0 Å². The van der Waals surface area contributed by atoms with Gasteiger partial charge in [-0.15, -0.1) is 0 Å². The maximum Gasteiger partial charge on any atom is 0.315 e. The van der Waals surface area contributed by atoms with Crippen molar-refractivity contribution in [3.8, 4) is 11.5 Å². The molecule has 4 aromatic rings. The predicted molar refractivity (Wildman–Crippen MR) is 131 cm³/mol. The van der Waals surface area contributed by atoms with E-state index in [0.717, 1.165) is 18.4 Å². The Morgan fingerprint density at radius 2 is 1.71 bits per heavy atom. The maximum absolute atomic E-state index is 13.4. The number of carbonyl (C=O) groups is 2. The average Bonchev–Trinajstić information content (AvgIpc) is 3.18. The van der Waals surface area contributed by atoms with Crippen molar-refractivity contribution in [2.24, 2.45) is 0 Å². The van der Waals surface area contributed by atoms with E-state index in [2.05, 4.69) is 6.92 Å². The number of nitrogens with two attached hydrogens (primary N) is 2. The molecule has 0 fully saturated rings. The number of phenols is 1. The summed E-state index contributed by atoms with van der Waals surface area (Å²) >= 11 is 0. The zero-order valence-electron chi connectivity index (χ0n) is 18.8. The number of fused-ring (bicyclic) bond motifs is 1. The first-order chi connectivity index (χ1) is 16.4. The van der Waals surface area contributed by atoms with Crippen molar-refractivity contribution in [3.05, 3.63) is 83.1 Å². The molecule has 0 radical (unpaired) electrons. The molecule has 0 atom stereocenters. The summed E-state index contributed by atoms with van der Waals surface area (Å²) in [6.07, 6.45) is 2.47. The van der Waals surface area contributed by atoms with Crippen LogP contribution in [-0.4, -0.2) is 16.9 Å². The summed E-state index contributed by atoms with van der Waals surface area (Å²) in [5.41, 5.74) is 13.6. The molecular formula is C27H26N2O5. The van der Waals surface area contributed by atoms with Crippen molar-refractivity contribution in [1.82, 2.24) is 0 Å². The van der Waals surface area contributed by atoms with Gasteiger partial charge in [-0.05, 0) is 36.2 Å². The molecule has 0 aliphatic carbocycles. The lowest BCUT2D eigenvalue weighted by molar-refractivity contribution is -0.133. The van der Waals surface area contributed by atoms with Crippen molar-refractivity contribution in [3.63, 3.8) is 0 Å². The second-order valence-electron chi connectivity index (χ2n) is 8.13. The second kappa shape index (κ2) is 9.70. The minimum absolute atomic E-state index is 0.0267. The fraction of sp³-hybridized carbons (Fsp3) is 0.185. The number of rotatable bonds is 8. The lowest BCUT2D eigenvalue weighted by atomic mass is 9.97. The average molecular weight is 459 g/mol. The summed E-state index contributed by atoms with van der Waals surface area (Å²) in [7, 11) is 0. The Morgan fingerprint density at radius 3 is 2.38 bits per heavy atom. The van der Waals surface area contributed by atoms with E-state index >= 15 is 0 Å². The van der Waals surface area contributed by atoms with E-state index in [-0.39, 0.29) is 34.9 Å². The quantitative estimate of drug-likeness (QED) is 0.111. The number of unbranched alkanes of at least 4 members (excludes halogenated alkanes) is 1. The standard InChI is InChI=1S/C27H26N2O5/c1-2-3-9-22-25(26(31)17-13-20(28)27(32)21(29)14-17)19-11-10-18(15-23(19)34-22)33-24(30)12-16-7-5-4-6-8-16/h4-8,10-11,13-15,32H,2-3,9,12,28-29H2,1H3. The highest BCUT2D eigenvalue weighted by atomic mass is 16.5. The van der Waals surface area contributed by atoms with Crippen LogP contribution in [0.1, 0.15) is 47.0 Å². The van der Waals surface area contributed by atoms with Gasteiger partial charge < -0.3 is 25.7 Å². The summed E-state index contributed by atoms with van der Waals surface area (Å²) in [6.45, 7) is 2.05. The fourth-order valence-electron chi connectivity index (χ4n) is 3.84. The van der Waals surface area contributed by atoms with E-state index in [9.17, 15) is 14.7 Å². The normalized spacial score (nSPS) is 11.0. The summed E-state index contributed by atoms with van der Waals surface area (Å²) in [5, 5.41) is 10.5. The van der Waals surface area contributed by atoms with Crippen LogP contribution >= 0.6 is 0 Å². The largest absolute Gasteiger partial charge is 0.504 e. The van der Waals surface area contributed by atoms with Gasteiger partial charge in [-0.25, -0.2) is 0 Å². The number of hydrogen-bond acceptors (Lipinski definition) is 7. The molecule has 0 amide bonds. The molecule has 7 heteroatoms. The van der Waals surface area contributed by atoms with Gasteiger partial charge in [-0.1, -0.05) is 43.7 Å². The number of hydrogen-bond donors (Lipinski definition) is 3. The Hall–Kier alpha value is -4.26. The van der Waals surface area contributed by atoms with Gasteiger partial charge in [0.25, 0.3) is 0 Å². The maximum atomic E-state index is 13.4. The monoisotopic (exact) mass is 458 g/mol. The molecule has 0 bridgehead atoms. The molecule has 0 aliphatic heterocycles. The van der Waals surface area contributed by atoms with Gasteiger partial charge in [-0.2, -0.15) is 0 Å². The van der Waals surface area contributed by atoms with E-state index in [1.54, 1.807) is 18.2 Å². The van der Waals surface area contributed by atoms with Crippen LogP contribution in [0.15, 0.2) is 65.1 Å². The third-order valence-corrected chi connectivity index (χ3v) is 5.57. The number of aryl methyl sites for hydroxylation is 1. The van der Waals surface area contributed by atoms with E-state index in [1.807, 2.05) is 30.3 Å². The molecule has 5 N–H and O–H groups in total. The molecule has 0 saturated carbocycles. The molecule has 0 aliphatic rings. The fourth-order valence-corrected chi connectivity index (χ4v) is 3.84. The highest BCUT2D eigenvalue weighted by Crippen LogP contribution is 2.35. The Morgan fingerprint density at radius 1 is 1.00 bits per heavy atom. The van der Waals surface area contributed by atoms with Crippen LogP contribution < -0.4 is 16.2 Å². The first-order valence-corrected chi connectivity index (χ1v) is 11.1. The number of benzene rings is 3. The van der Waals surface area contributed by atoms with Crippen molar-refractivity contribution >= 4 is 34.1 Å². The number of nitrogen functional groups attached to an aromatic ring is 2. The lowest BCUT2D eigenvalue weighted by Gasteiger charge is -2.08. The summed E-state index contributed by atoms with van der Waals surface area (Å²) < 4.78 is 11.5. The van der Waals surface area contributed by atoms with Crippen LogP contribution in [0.25, 0.3) is 11.0 Å². The molecule has 4 rings (SSSR count). The lowest BCUT2D eigenvalue weighted by Crippen LogP contribution is -2.11. The van der Waals surface area contributed by atoms with Crippen molar-refractivity contribution < 1.29 is 23.8 Å². The van der Waals surface area contributed by atoms with E-state index in [4.69, 9.17) is 20.6 Å². The van der Waals surface area contributed by atoms with Crippen LogP contribution in [0.4, 0.5) is 11.4 Å². The number of ether oxygens (including phenoxy) is 1. The van der Waals surface area contributed by atoms with Crippen LogP contribution in [0.5, 0.6) is 11.5 Å². The Bertz CT molecular complexity index is 1340. The number of phenolic OH excluding ortho intramolecular Hbond substituents is 1. The number of furan rings is 1. The topological polar surface area (TPSA) is 129 Å². The van der Waals surface area contributed by atoms with Crippen LogP contribution in [0.2, 0.25) is 0 Å². The van der Waals surface area contributed by atoms with Crippen LogP contribution in [0, 0.1) is 0 Å². The summed E-state index contributed by atoms with van der Waals surface area (Å²) in [4.78, 5) is 25.8. The SMILES string of the molecule is CCCCc1oc2cc(OC(=O)Cc3ccccc3)ccc2c1C(=O)c1cc(N)c(O)c(N)c1. The molecule has 3 aromatic carbocycles. The molecule has 0 saturated heterocycles. The third-order valence-electron chi connectivity index (χ3n) is 5.57. The van der Waals surface area contributed by atoms with Crippen molar-refractivity contribution in [1.29, 1.82) is 0 Å². The molecular weight excluding hydrogens is 432 g/mol. The molecule has 34 heavy (non-hydrogen) atoms. The van der Waals surface area contributed by atoms with Gasteiger partial charge in [-0.3, -0.25) is 9.59 Å². The van der Waals surface area contributed by atoms with Crippen molar-refractivity contribution in [2.45, 2.75) is 32.6 Å². The first-order valence-electron chi connectivity index (χ1n) is 11.1. The number of carbonyl (C=O) groups excluding carboxylic acids is 2. The summed E-state index contributed by atoms with van der Waals surface area (Å²) in [5.74, 6) is -0.0744. The van der Waals surface area contributed by atoms with Gasteiger partial charge in [0.2, 0.25) is 0 Å². The van der Waals surface area contributed by atoms with Gasteiger partial charge in [0, 0.05) is 23.4 Å². The highest BCUT2D eigenvalue weighted by Gasteiger charge is 2.24. The second-order valence-corrected chi connectivity index (χ2v) is 8.13. The van der Waals surface area contributed by atoms with E-state index in [1.165, 1.54) is 12.1 Å². The van der Waals surface area contributed by atoms with Gasteiger partial charge >= 0.3 is 5.97 Å². The van der Waals surface area contributed by atoms with E-state index in [0.29, 0.717) is 34.5 Å². The molecule has 1 heterocycles. The minimum atomic E-state index is -0.394. The minimum Gasteiger partial charge on any atom is -0.504 e. The molecule has 1 aromatic heterocycles. The number of ketones is 1. The van der Waals surface area contributed by atoms with Gasteiger partial charge in [0.05, 0.1) is 23.4 Å². The molecule has 7 nitrogen and oxygen atoms in total. The molecule has 0 spiro atoms. The number of anilines is 2. The molecule has 0 unspecified atom stereocenters. The zero-order chi connectivity index (χ0) is 24.2. The molecule has 174 valence electrons. The number of aromatic hydroxyl groups is 1. The van der Waals surface area contributed by atoms with Crippen LogP contribution in [-0.2, 0) is 17.6 Å². The first kappa shape index (κ1) is 22.9. The Labute approximate surface area is 196 Å². The predicted octanol–water partition coefficient (Wildman–Crippen LogP) is 5.02. The Balaban J connectivity index is 1.67.